The predicted octanol–water partition coefficient (Wildman–Crippen LogP) is 2.63. The van der Waals surface area contributed by atoms with E-state index in [4.69, 9.17) is 0 Å². The second-order valence-electron chi connectivity index (χ2n) is 7.68. The molecular formula is C21H25FN6O2S. The zero-order valence-corrected chi connectivity index (χ0v) is 18.8. The lowest BCUT2D eigenvalue weighted by molar-refractivity contribution is 0.309. The number of hydrogen-bond acceptors (Lipinski definition) is 6. The zero-order chi connectivity index (χ0) is 22.3. The van der Waals surface area contributed by atoms with Crippen molar-refractivity contribution in [2.45, 2.75) is 38.3 Å². The third-order valence-electron chi connectivity index (χ3n) is 5.74. The Hall–Kier alpha value is -2.85. The number of halogens is 1. The van der Waals surface area contributed by atoms with Gasteiger partial charge in [-0.15, -0.1) is 10.2 Å². The van der Waals surface area contributed by atoms with Crippen LogP contribution in [-0.4, -0.2) is 58.9 Å². The predicted molar refractivity (Wildman–Crippen MR) is 116 cm³/mol. The monoisotopic (exact) mass is 444 g/mol. The van der Waals surface area contributed by atoms with E-state index in [1.54, 1.807) is 37.7 Å². The van der Waals surface area contributed by atoms with Crippen LogP contribution in [0.15, 0.2) is 41.3 Å². The smallest absolute Gasteiger partial charge is 0.246 e. The summed E-state index contributed by atoms with van der Waals surface area (Å²) in [5.74, 6) is 0.380. The maximum Gasteiger partial charge on any atom is 0.246 e. The molecule has 3 heterocycles. The summed E-state index contributed by atoms with van der Waals surface area (Å²) in [5.41, 5.74) is 2.61. The highest BCUT2D eigenvalue weighted by Crippen LogP contribution is 2.29. The van der Waals surface area contributed by atoms with Crippen molar-refractivity contribution in [2.24, 2.45) is 0 Å². The lowest BCUT2D eigenvalue weighted by Crippen LogP contribution is -2.60. The van der Waals surface area contributed by atoms with Crippen molar-refractivity contribution in [3.63, 3.8) is 0 Å². The van der Waals surface area contributed by atoms with Crippen molar-refractivity contribution in [1.82, 2.24) is 24.3 Å². The van der Waals surface area contributed by atoms with Gasteiger partial charge < -0.3 is 4.90 Å². The van der Waals surface area contributed by atoms with Crippen LogP contribution in [0.25, 0.3) is 11.3 Å². The molecule has 0 aliphatic carbocycles. The average Bonchev–Trinajstić information content (AvgIpc) is 3.01. The molecule has 2 aromatic heterocycles. The van der Waals surface area contributed by atoms with Crippen LogP contribution in [0.3, 0.4) is 0 Å². The van der Waals surface area contributed by atoms with Gasteiger partial charge >= 0.3 is 0 Å². The number of nitrogens with zero attached hydrogens (tertiary/aromatic N) is 6. The second-order valence-corrected chi connectivity index (χ2v) is 9.61. The van der Waals surface area contributed by atoms with E-state index < -0.39 is 10.0 Å². The van der Waals surface area contributed by atoms with Gasteiger partial charge in [-0.2, -0.15) is 9.40 Å². The molecule has 31 heavy (non-hydrogen) atoms. The van der Waals surface area contributed by atoms with E-state index in [-0.39, 0.29) is 11.9 Å². The summed E-state index contributed by atoms with van der Waals surface area (Å²) in [6.07, 6.45) is 0. The van der Waals surface area contributed by atoms with Crippen molar-refractivity contribution in [3.05, 3.63) is 53.6 Å². The molecule has 0 unspecified atom stereocenters. The number of likely N-dealkylation sites (N-methyl/N-ethyl adjacent to an activating group) is 1. The zero-order valence-electron chi connectivity index (χ0n) is 17.9. The Morgan fingerprint density at radius 2 is 1.77 bits per heavy atom. The number of anilines is 1. The van der Waals surface area contributed by atoms with Gasteiger partial charge in [0.25, 0.3) is 0 Å². The minimum Gasteiger partial charge on any atom is -0.352 e. The molecule has 0 amide bonds. The second kappa shape index (κ2) is 8.01. The van der Waals surface area contributed by atoms with Gasteiger partial charge in [-0.1, -0.05) is 0 Å². The van der Waals surface area contributed by atoms with Crippen LogP contribution >= 0.6 is 0 Å². The topological polar surface area (TPSA) is 84.2 Å². The van der Waals surface area contributed by atoms with Gasteiger partial charge in [0.15, 0.2) is 5.82 Å². The first kappa shape index (κ1) is 21.4. The number of benzene rings is 1. The number of aromatic nitrogens is 4. The number of sulfonamides is 1. The first-order chi connectivity index (χ1) is 14.7. The Morgan fingerprint density at radius 3 is 2.32 bits per heavy atom. The molecule has 1 aliphatic heterocycles. The van der Waals surface area contributed by atoms with Gasteiger partial charge in [-0.3, -0.25) is 4.68 Å². The van der Waals surface area contributed by atoms with Crippen LogP contribution in [0, 0.1) is 19.7 Å². The van der Waals surface area contributed by atoms with Crippen molar-refractivity contribution in [1.29, 1.82) is 0 Å². The first-order valence-corrected chi connectivity index (χ1v) is 11.5. The van der Waals surface area contributed by atoms with Gasteiger partial charge in [-0.25, -0.2) is 12.8 Å². The molecule has 0 N–H and O–H groups in total. The van der Waals surface area contributed by atoms with Gasteiger partial charge in [0.05, 0.1) is 23.1 Å². The number of aryl methyl sites for hydroxylation is 2. The summed E-state index contributed by atoms with van der Waals surface area (Å²) in [6, 6.07) is 9.59. The Kier molecular flexibility index (Phi) is 5.52. The summed E-state index contributed by atoms with van der Waals surface area (Å²) in [4.78, 5) is 2.27. The Labute approximate surface area is 181 Å². The van der Waals surface area contributed by atoms with Gasteiger partial charge in [0.2, 0.25) is 10.0 Å². The fraction of sp³-hybridized carbons (Fsp3) is 0.381. The van der Waals surface area contributed by atoms with E-state index in [1.165, 1.54) is 16.4 Å². The van der Waals surface area contributed by atoms with Crippen LogP contribution in [0.5, 0.6) is 0 Å². The molecule has 1 saturated heterocycles. The molecule has 0 spiro atoms. The Bertz CT molecular complexity index is 1190. The van der Waals surface area contributed by atoms with Crippen LogP contribution in [-0.2, 0) is 16.6 Å². The highest BCUT2D eigenvalue weighted by molar-refractivity contribution is 7.89. The molecule has 4 rings (SSSR count). The molecule has 3 aromatic rings. The van der Waals surface area contributed by atoms with Crippen molar-refractivity contribution in [3.8, 4) is 11.3 Å². The third kappa shape index (κ3) is 3.81. The fourth-order valence-electron chi connectivity index (χ4n) is 3.84. The van der Waals surface area contributed by atoms with E-state index >= 15 is 0 Å². The number of hydrogen-bond donors (Lipinski definition) is 0. The van der Waals surface area contributed by atoms with Crippen molar-refractivity contribution < 1.29 is 12.8 Å². The Morgan fingerprint density at radius 1 is 1.10 bits per heavy atom. The van der Waals surface area contributed by atoms with E-state index in [2.05, 4.69) is 15.3 Å². The molecule has 10 heteroatoms. The lowest BCUT2D eigenvalue weighted by Gasteiger charge is -2.43. The molecule has 0 atom stereocenters. The maximum atomic E-state index is 13.2. The maximum absolute atomic E-state index is 13.2. The quantitative estimate of drug-likeness (QED) is 0.581. The van der Waals surface area contributed by atoms with Gasteiger partial charge in [-0.05, 0) is 57.2 Å². The minimum absolute atomic E-state index is 0.160. The average molecular weight is 445 g/mol. The SMILES string of the molecule is CCn1nc(C)c(S(=O)(=O)N(C)C2CN(c3ccc(-c4ccc(F)cc4)nn3)C2)c1C. The minimum atomic E-state index is -3.64. The molecule has 1 fully saturated rings. The highest BCUT2D eigenvalue weighted by Gasteiger charge is 2.39. The normalized spacial score (nSPS) is 14.8. The summed E-state index contributed by atoms with van der Waals surface area (Å²) in [7, 11) is -2.03. The summed E-state index contributed by atoms with van der Waals surface area (Å²) in [5, 5.41) is 12.8. The fourth-order valence-corrected chi connectivity index (χ4v) is 5.55. The highest BCUT2D eigenvalue weighted by atomic mass is 32.2. The van der Waals surface area contributed by atoms with E-state index in [1.807, 2.05) is 24.0 Å². The summed E-state index contributed by atoms with van der Waals surface area (Å²) >= 11 is 0. The number of rotatable bonds is 6. The summed E-state index contributed by atoms with van der Waals surface area (Å²) in [6.45, 7) is 7.13. The molecule has 0 radical (unpaired) electrons. The van der Waals surface area contributed by atoms with Crippen LogP contribution in [0.2, 0.25) is 0 Å². The standard InChI is InChI=1S/C21H25FN6O2S/c1-5-28-15(3)21(14(2)25-28)31(29,30)26(4)18-12-27(13-18)20-11-10-19(23-24-20)16-6-8-17(22)9-7-16/h6-11,18H,5,12-13H2,1-4H3. The Balaban J connectivity index is 1.45. The molecule has 164 valence electrons. The van der Waals surface area contributed by atoms with Gasteiger partial charge in [0.1, 0.15) is 10.7 Å². The largest absolute Gasteiger partial charge is 0.352 e. The van der Waals surface area contributed by atoms with E-state index in [9.17, 15) is 12.8 Å². The lowest BCUT2D eigenvalue weighted by atomic mass is 10.1. The van der Waals surface area contributed by atoms with Crippen molar-refractivity contribution in [2.75, 3.05) is 25.0 Å². The first-order valence-electron chi connectivity index (χ1n) is 10.1. The van der Waals surface area contributed by atoms with E-state index in [0.29, 0.717) is 47.4 Å². The third-order valence-corrected chi connectivity index (χ3v) is 7.91. The molecule has 1 aliphatic rings. The van der Waals surface area contributed by atoms with Crippen LogP contribution in [0.4, 0.5) is 10.2 Å². The van der Waals surface area contributed by atoms with Crippen molar-refractivity contribution >= 4 is 15.8 Å². The van der Waals surface area contributed by atoms with Crippen LogP contribution < -0.4 is 4.90 Å². The molecule has 8 nitrogen and oxygen atoms in total. The summed E-state index contributed by atoms with van der Waals surface area (Å²) < 4.78 is 42.6. The molecule has 0 bridgehead atoms. The van der Waals surface area contributed by atoms with E-state index in [0.717, 1.165) is 5.56 Å². The molecular weight excluding hydrogens is 419 g/mol. The molecule has 1 aromatic carbocycles. The van der Waals surface area contributed by atoms with Crippen LogP contribution in [0.1, 0.15) is 18.3 Å². The molecule has 0 saturated carbocycles. The van der Waals surface area contributed by atoms with Gasteiger partial charge in [0, 0.05) is 32.2 Å².